The van der Waals surface area contributed by atoms with Crippen LogP contribution in [0.15, 0.2) is 27.8 Å². The van der Waals surface area contributed by atoms with Crippen molar-refractivity contribution in [2.45, 2.75) is 26.8 Å². The maximum Gasteiger partial charge on any atom is 0.328 e. The molecule has 1 N–H and O–H groups in total. The molecule has 1 aromatic heterocycles. The molecule has 1 atom stereocenters. The number of nitrogens with one attached hydrogen (secondary N) is 1. The Bertz CT molecular complexity index is 893. The van der Waals surface area contributed by atoms with Crippen molar-refractivity contribution in [3.05, 3.63) is 44.6 Å². The lowest BCUT2D eigenvalue weighted by atomic mass is 10.1. The number of aromatic nitrogens is 2. The van der Waals surface area contributed by atoms with Crippen LogP contribution in [0.1, 0.15) is 30.6 Å². The fourth-order valence-electron chi connectivity index (χ4n) is 3.25. The molecule has 134 valence electrons. The molecule has 1 fully saturated rings. The number of hydrogen-bond donors (Lipinski definition) is 1. The molecule has 1 saturated heterocycles. The smallest absolute Gasteiger partial charge is 0.328 e. The van der Waals surface area contributed by atoms with Gasteiger partial charge in [0.25, 0.3) is 11.5 Å². The molecule has 2 heterocycles. The van der Waals surface area contributed by atoms with E-state index in [9.17, 15) is 14.4 Å². The largest absolute Gasteiger partial charge is 0.381 e. The van der Waals surface area contributed by atoms with Gasteiger partial charge in [-0.05, 0) is 38.5 Å². The summed E-state index contributed by atoms with van der Waals surface area (Å²) in [5.41, 5.74) is 0.0686. The normalized spacial score (nSPS) is 17.1. The third kappa shape index (κ3) is 3.37. The topological polar surface area (TPSA) is 84.4 Å². The van der Waals surface area contributed by atoms with Gasteiger partial charge in [-0.3, -0.25) is 14.2 Å². The number of H-pyrrole nitrogens is 1. The maximum absolute atomic E-state index is 12.8. The summed E-state index contributed by atoms with van der Waals surface area (Å²) in [5.74, 6) is 0.262. The van der Waals surface area contributed by atoms with E-state index in [1.54, 1.807) is 30.0 Å². The molecule has 3 rings (SSSR count). The highest BCUT2D eigenvalue weighted by Crippen LogP contribution is 2.17. The second-order valence-corrected chi connectivity index (χ2v) is 6.31. The molecule has 1 aliphatic rings. The summed E-state index contributed by atoms with van der Waals surface area (Å²) in [4.78, 5) is 41.6. The third-order valence-corrected chi connectivity index (χ3v) is 4.72. The van der Waals surface area contributed by atoms with Gasteiger partial charge in [-0.25, -0.2) is 4.79 Å². The highest BCUT2D eigenvalue weighted by atomic mass is 16.5. The molecule has 2 aromatic rings. The number of ether oxygens (including phenoxy) is 1. The molecule has 1 aromatic carbocycles. The average molecular weight is 345 g/mol. The van der Waals surface area contributed by atoms with Crippen molar-refractivity contribution in [1.29, 1.82) is 0 Å². The summed E-state index contributed by atoms with van der Waals surface area (Å²) >= 11 is 0. The lowest BCUT2D eigenvalue weighted by molar-refractivity contribution is 0.0731. The third-order valence-electron chi connectivity index (χ3n) is 4.72. The molecule has 1 amide bonds. The van der Waals surface area contributed by atoms with Crippen molar-refractivity contribution in [3.63, 3.8) is 0 Å². The van der Waals surface area contributed by atoms with E-state index in [-0.39, 0.29) is 11.5 Å². The summed E-state index contributed by atoms with van der Waals surface area (Å²) in [5, 5.41) is 0.408. The minimum Gasteiger partial charge on any atom is -0.381 e. The van der Waals surface area contributed by atoms with Crippen LogP contribution < -0.4 is 11.2 Å². The lowest BCUT2D eigenvalue weighted by Crippen LogP contribution is -2.36. The molecular formula is C18H23N3O4. The Kier molecular flexibility index (Phi) is 5.03. The molecular weight excluding hydrogens is 322 g/mol. The van der Waals surface area contributed by atoms with Crippen LogP contribution in [-0.4, -0.2) is 46.7 Å². The number of rotatable bonds is 5. The van der Waals surface area contributed by atoms with Gasteiger partial charge in [0.2, 0.25) is 0 Å². The van der Waals surface area contributed by atoms with Gasteiger partial charge in [0.1, 0.15) is 0 Å². The van der Waals surface area contributed by atoms with Gasteiger partial charge in [0.15, 0.2) is 0 Å². The Morgan fingerprint density at radius 2 is 2.16 bits per heavy atom. The van der Waals surface area contributed by atoms with Crippen LogP contribution in [-0.2, 0) is 11.3 Å². The van der Waals surface area contributed by atoms with E-state index in [0.717, 1.165) is 17.6 Å². The van der Waals surface area contributed by atoms with Crippen molar-refractivity contribution in [2.24, 2.45) is 5.92 Å². The molecule has 1 aliphatic heterocycles. The van der Waals surface area contributed by atoms with Gasteiger partial charge in [-0.2, -0.15) is 0 Å². The molecule has 0 bridgehead atoms. The Labute approximate surface area is 145 Å². The summed E-state index contributed by atoms with van der Waals surface area (Å²) in [6.45, 7) is 6.67. The van der Waals surface area contributed by atoms with Crippen LogP contribution in [0.25, 0.3) is 10.9 Å². The summed E-state index contributed by atoms with van der Waals surface area (Å²) < 4.78 is 6.52. The quantitative estimate of drug-likeness (QED) is 0.883. The number of benzene rings is 1. The second kappa shape index (κ2) is 7.23. The zero-order chi connectivity index (χ0) is 18.0. The summed E-state index contributed by atoms with van der Waals surface area (Å²) in [6, 6.07) is 4.85. The molecule has 25 heavy (non-hydrogen) atoms. The first-order chi connectivity index (χ1) is 12.0. The van der Waals surface area contributed by atoms with E-state index in [1.165, 1.54) is 0 Å². The van der Waals surface area contributed by atoms with Crippen LogP contribution in [0, 0.1) is 5.92 Å². The number of carbonyl (C=O) groups excluding carboxylic acids is 1. The number of hydrogen-bond acceptors (Lipinski definition) is 4. The monoisotopic (exact) mass is 345 g/mol. The number of fused-ring (bicyclic) bond motifs is 1. The van der Waals surface area contributed by atoms with Gasteiger partial charge in [-0.15, -0.1) is 0 Å². The molecule has 0 unspecified atom stereocenters. The summed E-state index contributed by atoms with van der Waals surface area (Å²) in [6.07, 6.45) is 0.964. The Balaban J connectivity index is 1.93. The van der Waals surface area contributed by atoms with Crippen LogP contribution in [0.3, 0.4) is 0 Å². The van der Waals surface area contributed by atoms with Crippen molar-refractivity contribution >= 4 is 16.8 Å². The minimum atomic E-state index is -0.458. The predicted molar refractivity (Wildman–Crippen MR) is 95.0 cm³/mol. The Morgan fingerprint density at radius 3 is 2.80 bits per heavy atom. The van der Waals surface area contributed by atoms with E-state index in [1.807, 2.05) is 6.92 Å². The van der Waals surface area contributed by atoms with Gasteiger partial charge < -0.3 is 14.6 Å². The molecule has 0 spiro atoms. The zero-order valence-electron chi connectivity index (χ0n) is 14.6. The number of nitrogens with zero attached hydrogens (tertiary/aromatic N) is 2. The molecule has 7 nitrogen and oxygen atoms in total. The highest BCUT2D eigenvalue weighted by Gasteiger charge is 2.22. The number of amides is 1. The zero-order valence-corrected chi connectivity index (χ0v) is 14.6. The molecule has 7 heteroatoms. The molecule has 0 saturated carbocycles. The van der Waals surface area contributed by atoms with Crippen LogP contribution in [0.2, 0.25) is 0 Å². The first kappa shape index (κ1) is 17.4. The highest BCUT2D eigenvalue weighted by molar-refractivity contribution is 5.97. The fourth-order valence-corrected chi connectivity index (χ4v) is 3.25. The van der Waals surface area contributed by atoms with Crippen molar-refractivity contribution in [3.8, 4) is 0 Å². The van der Waals surface area contributed by atoms with Gasteiger partial charge in [0, 0.05) is 37.7 Å². The Hall–Kier alpha value is -2.41. The lowest BCUT2D eigenvalue weighted by Gasteiger charge is -2.24. The minimum absolute atomic E-state index is 0.100. The average Bonchev–Trinajstić information content (AvgIpc) is 3.12. The van der Waals surface area contributed by atoms with Crippen LogP contribution >= 0.6 is 0 Å². The van der Waals surface area contributed by atoms with Crippen molar-refractivity contribution in [1.82, 2.24) is 14.5 Å². The van der Waals surface area contributed by atoms with E-state index >= 15 is 0 Å². The standard InChI is InChI=1S/C18H23N3O4/c1-3-20(10-12-7-8-25-11-12)16(22)13-5-6-14-15(9-13)19-18(24)21(4-2)17(14)23/h5-6,9,12H,3-4,7-8,10-11H2,1-2H3,(H,19,24)/t12-/m1/s1. The van der Waals surface area contributed by atoms with Gasteiger partial charge in [0.05, 0.1) is 17.5 Å². The van der Waals surface area contributed by atoms with Gasteiger partial charge >= 0.3 is 5.69 Å². The SMILES string of the molecule is CCN(C[C@H]1CCOC1)C(=O)c1ccc2c(=O)n(CC)c(=O)[nH]c2c1. The first-order valence-electron chi connectivity index (χ1n) is 8.69. The molecule has 0 aliphatic carbocycles. The second-order valence-electron chi connectivity index (χ2n) is 6.31. The predicted octanol–water partition coefficient (Wildman–Crippen LogP) is 1.21. The van der Waals surface area contributed by atoms with Crippen LogP contribution in [0.5, 0.6) is 0 Å². The summed E-state index contributed by atoms with van der Waals surface area (Å²) in [7, 11) is 0. The Morgan fingerprint density at radius 1 is 1.36 bits per heavy atom. The first-order valence-corrected chi connectivity index (χ1v) is 8.69. The van der Waals surface area contributed by atoms with Crippen molar-refractivity contribution < 1.29 is 9.53 Å². The van der Waals surface area contributed by atoms with Crippen molar-refractivity contribution in [2.75, 3.05) is 26.3 Å². The van der Waals surface area contributed by atoms with E-state index in [0.29, 0.717) is 48.6 Å². The van der Waals surface area contributed by atoms with E-state index < -0.39 is 5.69 Å². The maximum atomic E-state index is 12.8. The number of carbonyl (C=O) groups is 1. The number of aromatic amines is 1. The van der Waals surface area contributed by atoms with Gasteiger partial charge in [-0.1, -0.05) is 0 Å². The van der Waals surface area contributed by atoms with E-state index in [4.69, 9.17) is 4.74 Å². The van der Waals surface area contributed by atoms with E-state index in [2.05, 4.69) is 4.98 Å². The van der Waals surface area contributed by atoms with Crippen LogP contribution in [0.4, 0.5) is 0 Å². The fraction of sp³-hybridized carbons (Fsp3) is 0.500. The molecule has 0 radical (unpaired) electrons.